The van der Waals surface area contributed by atoms with Gasteiger partial charge in [0.2, 0.25) is 0 Å². The fraction of sp³-hybridized carbons (Fsp3) is 0.176. The van der Waals surface area contributed by atoms with Crippen molar-refractivity contribution in [2.75, 3.05) is 14.1 Å². The molecule has 1 amide bonds. The van der Waals surface area contributed by atoms with Gasteiger partial charge in [0.25, 0.3) is 15.9 Å². The van der Waals surface area contributed by atoms with E-state index in [1.807, 2.05) is 0 Å². The maximum Gasteiger partial charge on any atom is 0.277 e. The van der Waals surface area contributed by atoms with Crippen LogP contribution in [0.5, 0.6) is 0 Å². The average molecular weight is 391 g/mol. The fourth-order valence-electron chi connectivity index (χ4n) is 3.10. The molecule has 0 bridgehead atoms. The summed E-state index contributed by atoms with van der Waals surface area (Å²) in [6.45, 7) is 0. The Hall–Kier alpha value is -2.42. The van der Waals surface area contributed by atoms with Crippen LogP contribution in [-0.4, -0.2) is 54.8 Å². The van der Waals surface area contributed by atoms with Gasteiger partial charge in [0.05, 0.1) is 4.90 Å². The zero-order valence-electron chi connectivity index (χ0n) is 14.0. The molecular weight excluding hydrogens is 376 g/mol. The van der Waals surface area contributed by atoms with Crippen LogP contribution in [0.3, 0.4) is 0 Å². The number of hydrogen-bond donors (Lipinski definition) is 0. The first-order chi connectivity index (χ1) is 12.3. The molecule has 26 heavy (non-hydrogen) atoms. The molecule has 2 aromatic rings. The van der Waals surface area contributed by atoms with Crippen LogP contribution in [-0.2, 0) is 10.0 Å². The van der Waals surface area contributed by atoms with Gasteiger partial charge in [-0.15, -0.1) is 5.10 Å². The standard InChI is InChI=1S/C17H15ClN4O3S/c1-20(2)17-21(16(23)11-7-9-12(18)10-8-11)19-15-13-5-3-4-6-14(13)26(24,25)22(15)17/h3-10,17H,1-2H3/t17-/m0/s1. The molecule has 0 saturated carbocycles. The van der Waals surface area contributed by atoms with Crippen molar-refractivity contribution in [3.8, 4) is 0 Å². The van der Waals surface area contributed by atoms with E-state index in [0.29, 0.717) is 16.1 Å². The van der Waals surface area contributed by atoms with E-state index in [1.165, 1.54) is 9.31 Å². The Kier molecular flexibility index (Phi) is 3.80. The van der Waals surface area contributed by atoms with Gasteiger partial charge in [0.15, 0.2) is 12.1 Å². The summed E-state index contributed by atoms with van der Waals surface area (Å²) >= 11 is 5.88. The summed E-state index contributed by atoms with van der Waals surface area (Å²) in [4.78, 5) is 14.8. The Morgan fingerprint density at radius 2 is 1.77 bits per heavy atom. The van der Waals surface area contributed by atoms with E-state index in [9.17, 15) is 13.2 Å². The molecule has 9 heteroatoms. The Morgan fingerprint density at radius 3 is 2.42 bits per heavy atom. The smallest absolute Gasteiger partial charge is 0.270 e. The first kappa shape index (κ1) is 17.0. The van der Waals surface area contributed by atoms with Crippen LogP contribution in [0.2, 0.25) is 5.02 Å². The van der Waals surface area contributed by atoms with Gasteiger partial charge in [-0.1, -0.05) is 23.7 Å². The number of rotatable bonds is 2. The minimum atomic E-state index is -3.79. The summed E-state index contributed by atoms with van der Waals surface area (Å²) < 4.78 is 27.2. The van der Waals surface area contributed by atoms with E-state index >= 15 is 0 Å². The Bertz CT molecular complexity index is 1030. The lowest BCUT2D eigenvalue weighted by molar-refractivity contribution is 0.0341. The normalized spacial score (nSPS) is 20.2. The Morgan fingerprint density at radius 1 is 1.12 bits per heavy atom. The third-order valence-corrected chi connectivity index (χ3v) is 6.31. The molecule has 0 fully saturated rings. The summed E-state index contributed by atoms with van der Waals surface area (Å²) in [6.07, 6.45) is -0.884. The Labute approximate surface area is 156 Å². The number of carbonyl (C=O) groups is 1. The molecule has 0 aromatic heterocycles. The van der Waals surface area contributed by atoms with Crippen molar-refractivity contribution in [2.45, 2.75) is 11.2 Å². The number of halogens is 1. The predicted molar refractivity (Wildman–Crippen MR) is 97.1 cm³/mol. The molecular formula is C17H15ClN4O3S. The maximum absolute atomic E-state index is 13.0. The lowest BCUT2D eigenvalue weighted by Gasteiger charge is -2.32. The topological polar surface area (TPSA) is 73.3 Å². The second-order valence-corrected chi connectivity index (χ2v) is 8.41. The maximum atomic E-state index is 13.0. The first-order valence-electron chi connectivity index (χ1n) is 7.80. The fourth-order valence-corrected chi connectivity index (χ4v) is 5.02. The van der Waals surface area contributed by atoms with E-state index in [-0.39, 0.29) is 10.7 Å². The highest BCUT2D eigenvalue weighted by Gasteiger charge is 2.52. The number of carbonyl (C=O) groups excluding carboxylic acids is 1. The molecule has 2 aliphatic rings. The first-order valence-corrected chi connectivity index (χ1v) is 9.62. The lowest BCUT2D eigenvalue weighted by Crippen LogP contribution is -2.53. The van der Waals surface area contributed by atoms with Crippen LogP contribution in [0.15, 0.2) is 58.5 Å². The number of hydrazone groups is 1. The third kappa shape index (κ3) is 2.33. The SMILES string of the molecule is CN(C)[C@H]1N(C(=O)c2ccc(Cl)cc2)N=C2c3ccccc3S(=O)(=O)N21. The monoisotopic (exact) mass is 390 g/mol. The number of hydrogen-bond acceptors (Lipinski definition) is 5. The molecule has 1 atom stereocenters. The number of nitrogens with zero attached hydrogens (tertiary/aromatic N) is 4. The van der Waals surface area contributed by atoms with Crippen molar-refractivity contribution in [2.24, 2.45) is 5.10 Å². The van der Waals surface area contributed by atoms with Gasteiger partial charge in [0, 0.05) is 16.1 Å². The highest BCUT2D eigenvalue weighted by Crippen LogP contribution is 2.38. The molecule has 2 heterocycles. The van der Waals surface area contributed by atoms with Crippen molar-refractivity contribution < 1.29 is 13.2 Å². The minimum Gasteiger partial charge on any atom is -0.270 e. The van der Waals surface area contributed by atoms with E-state index < -0.39 is 22.2 Å². The van der Waals surface area contributed by atoms with Crippen LogP contribution in [0, 0.1) is 0 Å². The van der Waals surface area contributed by atoms with Crippen LogP contribution in [0.1, 0.15) is 15.9 Å². The number of sulfonamides is 1. The molecule has 7 nitrogen and oxygen atoms in total. The summed E-state index contributed by atoms with van der Waals surface area (Å²) in [7, 11) is -0.390. The number of fused-ring (bicyclic) bond motifs is 3. The number of benzene rings is 2. The van der Waals surface area contributed by atoms with Crippen LogP contribution in [0.4, 0.5) is 0 Å². The van der Waals surface area contributed by atoms with E-state index in [0.717, 1.165) is 0 Å². The molecule has 2 aliphatic heterocycles. The van der Waals surface area contributed by atoms with Gasteiger partial charge in [-0.2, -0.15) is 5.01 Å². The van der Waals surface area contributed by atoms with Crippen LogP contribution in [0.25, 0.3) is 0 Å². The van der Waals surface area contributed by atoms with E-state index in [2.05, 4.69) is 5.10 Å². The molecule has 0 aliphatic carbocycles. The number of amidine groups is 1. The molecule has 0 N–H and O–H groups in total. The molecule has 0 spiro atoms. The quantitative estimate of drug-likeness (QED) is 0.786. The molecule has 134 valence electrons. The highest BCUT2D eigenvalue weighted by atomic mass is 35.5. The zero-order valence-corrected chi connectivity index (χ0v) is 15.6. The van der Waals surface area contributed by atoms with Gasteiger partial charge >= 0.3 is 0 Å². The summed E-state index contributed by atoms with van der Waals surface area (Å²) in [5.41, 5.74) is 0.864. The van der Waals surface area contributed by atoms with Crippen LogP contribution < -0.4 is 0 Å². The van der Waals surface area contributed by atoms with Gasteiger partial charge < -0.3 is 0 Å². The van der Waals surface area contributed by atoms with Crippen molar-refractivity contribution in [1.82, 2.24) is 14.2 Å². The van der Waals surface area contributed by atoms with Gasteiger partial charge in [0.1, 0.15) is 0 Å². The molecule has 0 unspecified atom stereocenters. The van der Waals surface area contributed by atoms with E-state index in [1.54, 1.807) is 67.5 Å². The summed E-state index contributed by atoms with van der Waals surface area (Å²) in [5, 5.41) is 6.06. The molecule has 2 aromatic carbocycles. The van der Waals surface area contributed by atoms with Gasteiger partial charge in [-0.25, -0.2) is 12.7 Å². The molecule has 0 radical (unpaired) electrons. The predicted octanol–water partition coefficient (Wildman–Crippen LogP) is 2.01. The second-order valence-electron chi connectivity index (χ2n) is 6.19. The molecule has 4 rings (SSSR count). The van der Waals surface area contributed by atoms with E-state index in [4.69, 9.17) is 11.6 Å². The summed E-state index contributed by atoms with van der Waals surface area (Å²) in [6, 6.07) is 13.0. The average Bonchev–Trinajstić information content (AvgIpc) is 3.11. The van der Waals surface area contributed by atoms with Crippen molar-refractivity contribution in [3.63, 3.8) is 0 Å². The second kappa shape index (κ2) is 5.80. The highest BCUT2D eigenvalue weighted by molar-refractivity contribution is 7.90. The van der Waals surface area contributed by atoms with Crippen LogP contribution >= 0.6 is 11.6 Å². The summed E-state index contributed by atoms with van der Waals surface area (Å²) in [5.74, 6) is -0.156. The number of amides is 1. The zero-order chi connectivity index (χ0) is 18.6. The van der Waals surface area contributed by atoms with Crippen molar-refractivity contribution >= 4 is 33.4 Å². The minimum absolute atomic E-state index is 0.198. The van der Waals surface area contributed by atoms with Gasteiger partial charge in [-0.05, 0) is 50.5 Å². The van der Waals surface area contributed by atoms with Gasteiger partial charge in [-0.3, -0.25) is 9.69 Å². The van der Waals surface area contributed by atoms with Crippen molar-refractivity contribution in [3.05, 3.63) is 64.7 Å². The lowest BCUT2D eigenvalue weighted by atomic mass is 10.2. The largest absolute Gasteiger partial charge is 0.277 e. The Balaban J connectivity index is 1.84. The third-order valence-electron chi connectivity index (χ3n) is 4.27. The van der Waals surface area contributed by atoms with Crippen molar-refractivity contribution in [1.29, 1.82) is 0 Å². The molecule has 0 saturated heterocycles.